The van der Waals surface area contributed by atoms with Crippen molar-refractivity contribution in [2.24, 2.45) is 0 Å². The second kappa shape index (κ2) is 9.48. The van der Waals surface area contributed by atoms with Gasteiger partial charge in [-0.15, -0.1) is 0 Å². The molecule has 1 aliphatic carbocycles. The van der Waals surface area contributed by atoms with Crippen LogP contribution in [-0.4, -0.2) is 34.6 Å². The van der Waals surface area contributed by atoms with E-state index in [1.165, 1.54) is 49.4 Å². The van der Waals surface area contributed by atoms with E-state index in [9.17, 15) is 9.59 Å². The van der Waals surface area contributed by atoms with Gasteiger partial charge in [-0.05, 0) is 25.0 Å². The number of aryl methyl sites for hydroxylation is 1. The summed E-state index contributed by atoms with van der Waals surface area (Å²) < 4.78 is 1.51. The lowest BCUT2D eigenvalue weighted by Crippen LogP contribution is -2.37. The summed E-state index contributed by atoms with van der Waals surface area (Å²) in [6.45, 7) is 1.77. The van der Waals surface area contributed by atoms with Crippen molar-refractivity contribution in [2.45, 2.75) is 57.5 Å². The van der Waals surface area contributed by atoms with Crippen molar-refractivity contribution >= 4 is 16.8 Å². The summed E-state index contributed by atoms with van der Waals surface area (Å²) in [7, 11) is 0. The van der Waals surface area contributed by atoms with Crippen molar-refractivity contribution in [3.63, 3.8) is 0 Å². The highest BCUT2D eigenvalue weighted by Crippen LogP contribution is 2.16. The number of hydrogen-bond donors (Lipinski definition) is 2. The smallest absolute Gasteiger partial charge is 0.261 e. The molecule has 0 bridgehead atoms. The highest BCUT2D eigenvalue weighted by atomic mass is 16.1. The van der Waals surface area contributed by atoms with E-state index in [1.807, 2.05) is 18.2 Å². The first-order valence-corrected chi connectivity index (χ1v) is 9.68. The van der Waals surface area contributed by atoms with Crippen LogP contribution in [0.25, 0.3) is 10.9 Å². The Hall–Kier alpha value is -2.21. The number of hydrogen-bond acceptors (Lipinski definition) is 4. The van der Waals surface area contributed by atoms with Crippen LogP contribution in [0.2, 0.25) is 0 Å². The third-order valence-corrected chi connectivity index (χ3v) is 5.05. The zero-order valence-corrected chi connectivity index (χ0v) is 15.2. The van der Waals surface area contributed by atoms with E-state index >= 15 is 0 Å². The zero-order valence-electron chi connectivity index (χ0n) is 15.2. The van der Waals surface area contributed by atoms with Gasteiger partial charge in [0.15, 0.2) is 0 Å². The van der Waals surface area contributed by atoms with Gasteiger partial charge in [0.2, 0.25) is 5.91 Å². The van der Waals surface area contributed by atoms with Crippen molar-refractivity contribution in [1.82, 2.24) is 20.2 Å². The molecule has 6 heteroatoms. The number of carbonyl (C=O) groups excluding carboxylic acids is 1. The molecule has 1 amide bonds. The first-order chi connectivity index (χ1) is 12.7. The minimum Gasteiger partial charge on any atom is -0.355 e. The first-order valence-electron chi connectivity index (χ1n) is 9.68. The fraction of sp³-hybridized carbons (Fsp3) is 0.550. The van der Waals surface area contributed by atoms with Crippen molar-refractivity contribution in [2.75, 3.05) is 13.1 Å². The number of nitrogens with zero attached hydrogens (tertiary/aromatic N) is 2. The number of aromatic nitrogens is 2. The molecule has 0 aliphatic heterocycles. The normalized spacial score (nSPS) is 15.7. The highest BCUT2D eigenvalue weighted by Gasteiger charge is 2.11. The molecule has 2 aromatic rings. The number of nitrogens with one attached hydrogen (secondary N) is 2. The number of para-hydroxylation sites is 1. The van der Waals surface area contributed by atoms with Gasteiger partial charge in [-0.2, -0.15) is 0 Å². The zero-order chi connectivity index (χ0) is 18.2. The summed E-state index contributed by atoms with van der Waals surface area (Å²) >= 11 is 0. The summed E-state index contributed by atoms with van der Waals surface area (Å²) in [6, 6.07) is 7.85. The lowest BCUT2D eigenvalue weighted by atomic mass is 10.1. The second-order valence-electron chi connectivity index (χ2n) is 7.00. The topological polar surface area (TPSA) is 76.0 Å². The molecular formula is C20H28N4O2. The van der Waals surface area contributed by atoms with E-state index in [-0.39, 0.29) is 17.9 Å². The fourth-order valence-electron chi connectivity index (χ4n) is 3.54. The maximum Gasteiger partial charge on any atom is 0.261 e. The van der Waals surface area contributed by atoms with Gasteiger partial charge in [0.05, 0.1) is 17.2 Å². The van der Waals surface area contributed by atoms with Gasteiger partial charge >= 0.3 is 0 Å². The Morgan fingerprint density at radius 3 is 2.69 bits per heavy atom. The quantitative estimate of drug-likeness (QED) is 0.589. The maximum absolute atomic E-state index is 12.4. The Balaban J connectivity index is 1.40. The molecule has 1 saturated carbocycles. The standard InChI is InChI=1S/C20H28N4O2/c25-19(22-13-12-21-16-7-3-1-2-4-8-16)11-14-24-15-23-18-10-6-5-9-17(18)20(24)26/h5-6,9-10,15-16,21H,1-4,7-8,11-14H2,(H,22,25). The molecule has 1 aromatic heterocycles. The number of rotatable bonds is 7. The van der Waals surface area contributed by atoms with Crippen LogP contribution in [-0.2, 0) is 11.3 Å². The molecule has 26 heavy (non-hydrogen) atoms. The molecule has 2 N–H and O–H groups in total. The second-order valence-corrected chi connectivity index (χ2v) is 7.00. The molecule has 6 nitrogen and oxygen atoms in total. The van der Waals surface area contributed by atoms with Crippen molar-refractivity contribution in [3.05, 3.63) is 40.9 Å². The first kappa shape index (κ1) is 18.6. The number of benzene rings is 1. The maximum atomic E-state index is 12.4. The molecule has 3 rings (SSSR count). The molecule has 0 atom stereocenters. The average Bonchev–Trinajstić information content (AvgIpc) is 2.94. The average molecular weight is 356 g/mol. The van der Waals surface area contributed by atoms with Crippen molar-refractivity contribution < 1.29 is 4.79 Å². The van der Waals surface area contributed by atoms with Gasteiger partial charge < -0.3 is 10.6 Å². The van der Waals surface area contributed by atoms with E-state index in [4.69, 9.17) is 0 Å². The predicted octanol–water partition coefficient (Wildman–Crippen LogP) is 2.22. The van der Waals surface area contributed by atoms with Gasteiger partial charge in [0.1, 0.15) is 0 Å². The van der Waals surface area contributed by atoms with Crippen molar-refractivity contribution in [1.29, 1.82) is 0 Å². The molecule has 0 saturated heterocycles. The summed E-state index contributed by atoms with van der Waals surface area (Å²) in [5.41, 5.74) is 0.584. The fourth-order valence-corrected chi connectivity index (χ4v) is 3.54. The highest BCUT2D eigenvalue weighted by molar-refractivity contribution is 5.77. The van der Waals surface area contributed by atoms with Gasteiger partial charge in [-0.3, -0.25) is 14.2 Å². The Kier molecular flexibility index (Phi) is 6.77. The van der Waals surface area contributed by atoms with Gasteiger partial charge in [-0.25, -0.2) is 4.98 Å². The van der Waals surface area contributed by atoms with Crippen LogP contribution >= 0.6 is 0 Å². The van der Waals surface area contributed by atoms with Gasteiger partial charge in [0, 0.05) is 32.1 Å². The van der Waals surface area contributed by atoms with Crippen LogP contribution in [0, 0.1) is 0 Å². The van der Waals surface area contributed by atoms with Gasteiger partial charge in [-0.1, -0.05) is 37.8 Å². The lowest BCUT2D eigenvalue weighted by Gasteiger charge is -2.16. The molecular weight excluding hydrogens is 328 g/mol. The van der Waals surface area contributed by atoms with Crippen LogP contribution in [0.1, 0.15) is 44.9 Å². The summed E-state index contributed by atoms with van der Waals surface area (Å²) in [5.74, 6) is -0.0345. The summed E-state index contributed by atoms with van der Waals surface area (Å²) in [4.78, 5) is 28.7. The van der Waals surface area contributed by atoms with E-state index in [2.05, 4.69) is 15.6 Å². The van der Waals surface area contributed by atoms with Crippen LogP contribution in [0.4, 0.5) is 0 Å². The van der Waals surface area contributed by atoms with E-state index in [0.29, 0.717) is 30.0 Å². The van der Waals surface area contributed by atoms with E-state index in [1.54, 1.807) is 6.07 Å². The molecule has 0 unspecified atom stereocenters. The van der Waals surface area contributed by atoms with E-state index < -0.39 is 0 Å². The summed E-state index contributed by atoms with van der Waals surface area (Å²) in [5, 5.41) is 7.05. The molecule has 0 radical (unpaired) electrons. The van der Waals surface area contributed by atoms with Gasteiger partial charge in [0.25, 0.3) is 5.56 Å². The third kappa shape index (κ3) is 5.14. The Morgan fingerprint density at radius 2 is 1.88 bits per heavy atom. The third-order valence-electron chi connectivity index (χ3n) is 5.05. The molecule has 1 aromatic carbocycles. The predicted molar refractivity (Wildman–Crippen MR) is 103 cm³/mol. The number of amides is 1. The lowest BCUT2D eigenvalue weighted by molar-refractivity contribution is -0.121. The Morgan fingerprint density at radius 1 is 1.12 bits per heavy atom. The summed E-state index contributed by atoms with van der Waals surface area (Å²) in [6.07, 6.45) is 9.58. The molecule has 1 heterocycles. The van der Waals surface area contributed by atoms with Crippen LogP contribution in [0.3, 0.4) is 0 Å². The van der Waals surface area contributed by atoms with Crippen LogP contribution in [0.15, 0.2) is 35.4 Å². The van der Waals surface area contributed by atoms with Crippen molar-refractivity contribution in [3.8, 4) is 0 Å². The molecule has 0 spiro atoms. The molecule has 1 fully saturated rings. The minimum atomic E-state index is -0.0987. The SMILES string of the molecule is O=C(CCn1cnc2ccccc2c1=O)NCCNC1CCCCCC1. The van der Waals surface area contributed by atoms with Crippen LogP contribution in [0.5, 0.6) is 0 Å². The number of carbonyl (C=O) groups is 1. The molecule has 140 valence electrons. The van der Waals surface area contributed by atoms with Crippen LogP contribution < -0.4 is 16.2 Å². The number of fused-ring (bicyclic) bond motifs is 1. The van der Waals surface area contributed by atoms with E-state index in [0.717, 1.165) is 6.54 Å². The monoisotopic (exact) mass is 356 g/mol. The molecule has 1 aliphatic rings. The minimum absolute atomic E-state index is 0.0345. The largest absolute Gasteiger partial charge is 0.355 e. The Labute approximate surface area is 154 Å². The Bertz CT molecular complexity index is 779.